The molecule has 0 atom stereocenters. The average molecular weight is 417 g/mol. The summed E-state index contributed by atoms with van der Waals surface area (Å²) in [7, 11) is -2.80. The standard InChI is InChI=1S/C19H29ClN2O4S/c1-4-6-7-8-9-10-18(23)22(19(24)21(3)15-5-2)27(25,26)17-13-11-16(20)12-14-17/h11-14H,4-10,15H2,1-3H3. The largest absolute Gasteiger partial charge is 0.340 e. The van der Waals surface area contributed by atoms with Crippen molar-refractivity contribution in [1.82, 2.24) is 9.21 Å². The van der Waals surface area contributed by atoms with Crippen LogP contribution in [-0.2, 0) is 14.8 Å². The molecule has 1 rings (SSSR count). The van der Waals surface area contributed by atoms with E-state index in [9.17, 15) is 18.0 Å². The minimum Gasteiger partial charge on any atom is -0.326 e. The second kappa shape index (κ2) is 11.3. The molecule has 0 bridgehead atoms. The zero-order valence-corrected chi connectivity index (χ0v) is 17.9. The SMILES string of the molecule is CCCCCCCC(=O)N(C(=O)N(C)CCC)S(=O)(=O)c1ccc(Cl)cc1. The first-order valence-electron chi connectivity index (χ1n) is 9.34. The maximum Gasteiger partial charge on any atom is 0.340 e. The first kappa shape index (κ1) is 23.4. The summed E-state index contributed by atoms with van der Waals surface area (Å²) in [4.78, 5) is 26.5. The molecule has 1 aromatic rings. The number of urea groups is 1. The van der Waals surface area contributed by atoms with Gasteiger partial charge >= 0.3 is 6.03 Å². The lowest BCUT2D eigenvalue weighted by Gasteiger charge is -2.26. The molecule has 0 spiro atoms. The molecule has 3 amide bonds. The lowest BCUT2D eigenvalue weighted by molar-refractivity contribution is -0.125. The number of nitrogens with zero attached hydrogens (tertiary/aromatic N) is 2. The summed E-state index contributed by atoms with van der Waals surface area (Å²) < 4.78 is 26.4. The first-order chi connectivity index (χ1) is 12.8. The second-order valence-electron chi connectivity index (χ2n) is 6.49. The molecule has 0 fully saturated rings. The molecule has 0 saturated carbocycles. The lowest BCUT2D eigenvalue weighted by Crippen LogP contribution is -2.48. The van der Waals surface area contributed by atoms with Crippen LogP contribution in [0.5, 0.6) is 0 Å². The van der Waals surface area contributed by atoms with Gasteiger partial charge in [0.1, 0.15) is 0 Å². The number of amides is 3. The van der Waals surface area contributed by atoms with Gasteiger partial charge in [-0.25, -0.2) is 13.2 Å². The highest BCUT2D eigenvalue weighted by Gasteiger charge is 2.36. The number of halogens is 1. The maximum absolute atomic E-state index is 13.0. The Morgan fingerprint density at radius 1 is 0.963 bits per heavy atom. The normalized spacial score (nSPS) is 11.3. The smallest absolute Gasteiger partial charge is 0.326 e. The number of benzene rings is 1. The van der Waals surface area contributed by atoms with Gasteiger partial charge in [-0.3, -0.25) is 4.79 Å². The van der Waals surface area contributed by atoms with Gasteiger partial charge < -0.3 is 4.90 Å². The molecule has 8 heteroatoms. The van der Waals surface area contributed by atoms with Crippen LogP contribution in [-0.4, -0.2) is 43.2 Å². The lowest BCUT2D eigenvalue weighted by atomic mass is 10.1. The minimum atomic E-state index is -4.29. The number of hydrogen-bond acceptors (Lipinski definition) is 4. The van der Waals surface area contributed by atoms with Gasteiger partial charge in [0.2, 0.25) is 5.91 Å². The predicted molar refractivity (Wildman–Crippen MR) is 107 cm³/mol. The highest BCUT2D eigenvalue weighted by Crippen LogP contribution is 2.21. The van der Waals surface area contributed by atoms with Crippen LogP contribution < -0.4 is 0 Å². The second-order valence-corrected chi connectivity index (χ2v) is 8.71. The van der Waals surface area contributed by atoms with Crippen molar-refractivity contribution in [3.8, 4) is 0 Å². The van der Waals surface area contributed by atoms with Crippen molar-refractivity contribution in [3.63, 3.8) is 0 Å². The molecule has 0 saturated heterocycles. The van der Waals surface area contributed by atoms with Crippen LogP contribution in [0.4, 0.5) is 4.79 Å². The third kappa shape index (κ3) is 6.81. The third-order valence-electron chi connectivity index (χ3n) is 4.13. The molecule has 152 valence electrons. The van der Waals surface area contributed by atoms with Gasteiger partial charge in [0.05, 0.1) is 4.90 Å². The van der Waals surface area contributed by atoms with Crippen LogP contribution in [0.1, 0.15) is 58.8 Å². The van der Waals surface area contributed by atoms with Crippen molar-refractivity contribution in [1.29, 1.82) is 0 Å². The number of rotatable bonds is 10. The van der Waals surface area contributed by atoms with E-state index in [1.54, 1.807) is 0 Å². The zero-order chi connectivity index (χ0) is 20.4. The van der Waals surface area contributed by atoms with E-state index in [1.807, 2.05) is 6.92 Å². The Morgan fingerprint density at radius 3 is 2.11 bits per heavy atom. The van der Waals surface area contributed by atoms with Gasteiger partial charge in [0.25, 0.3) is 10.0 Å². The fourth-order valence-corrected chi connectivity index (χ4v) is 4.14. The number of sulfonamides is 1. The van der Waals surface area contributed by atoms with Crippen LogP contribution in [0.2, 0.25) is 5.02 Å². The molecule has 0 aromatic heterocycles. The van der Waals surface area contributed by atoms with E-state index in [4.69, 9.17) is 11.6 Å². The summed E-state index contributed by atoms with van der Waals surface area (Å²) in [6.45, 7) is 4.32. The minimum absolute atomic E-state index is 0.0161. The quantitative estimate of drug-likeness (QED) is 0.519. The molecule has 1 aromatic carbocycles. The molecule has 0 heterocycles. The predicted octanol–water partition coefficient (Wildman–Crippen LogP) is 4.68. The van der Waals surface area contributed by atoms with Gasteiger partial charge in [-0.2, -0.15) is 4.31 Å². The van der Waals surface area contributed by atoms with Gasteiger partial charge in [0.15, 0.2) is 0 Å². The molecule has 0 aliphatic heterocycles. The fraction of sp³-hybridized carbons (Fsp3) is 0.579. The van der Waals surface area contributed by atoms with Crippen molar-refractivity contribution < 1.29 is 18.0 Å². The van der Waals surface area contributed by atoms with Gasteiger partial charge in [-0.05, 0) is 37.1 Å². The van der Waals surface area contributed by atoms with Crippen molar-refractivity contribution in [3.05, 3.63) is 29.3 Å². The van der Waals surface area contributed by atoms with E-state index in [2.05, 4.69) is 6.92 Å². The molecular formula is C19H29ClN2O4S. The molecule has 0 unspecified atom stereocenters. The Labute approximate surface area is 167 Å². The average Bonchev–Trinajstić information content (AvgIpc) is 2.62. The summed E-state index contributed by atoms with van der Waals surface area (Å²) in [5, 5.41) is 0.372. The molecule has 27 heavy (non-hydrogen) atoms. The molecule has 0 radical (unpaired) electrons. The summed E-state index contributed by atoms with van der Waals surface area (Å²) in [6, 6.07) is 4.60. The summed E-state index contributed by atoms with van der Waals surface area (Å²) in [5.41, 5.74) is 0. The van der Waals surface area contributed by atoms with Crippen LogP contribution in [0.15, 0.2) is 29.2 Å². The topological polar surface area (TPSA) is 74.8 Å². The number of carbonyl (C=O) groups is 2. The Kier molecular flexibility index (Phi) is 9.80. The molecular weight excluding hydrogens is 388 g/mol. The van der Waals surface area contributed by atoms with Crippen molar-refractivity contribution >= 4 is 33.6 Å². The summed E-state index contributed by atoms with van der Waals surface area (Å²) in [6.07, 6.45) is 5.18. The van der Waals surface area contributed by atoms with Crippen molar-refractivity contribution in [2.75, 3.05) is 13.6 Å². The molecule has 0 aliphatic carbocycles. The van der Waals surface area contributed by atoms with E-state index < -0.39 is 22.0 Å². The molecule has 0 aliphatic rings. The molecule has 6 nitrogen and oxygen atoms in total. The monoisotopic (exact) mass is 416 g/mol. The maximum atomic E-state index is 13.0. The van der Waals surface area contributed by atoms with Crippen LogP contribution in [0.3, 0.4) is 0 Å². The van der Waals surface area contributed by atoms with E-state index in [-0.39, 0.29) is 11.3 Å². The van der Waals surface area contributed by atoms with Gasteiger partial charge in [0, 0.05) is 25.0 Å². The number of unbranched alkanes of at least 4 members (excludes halogenated alkanes) is 4. The highest BCUT2D eigenvalue weighted by molar-refractivity contribution is 7.90. The zero-order valence-electron chi connectivity index (χ0n) is 16.3. The van der Waals surface area contributed by atoms with E-state index in [0.29, 0.717) is 28.7 Å². The van der Waals surface area contributed by atoms with Crippen molar-refractivity contribution in [2.45, 2.75) is 63.7 Å². The highest BCUT2D eigenvalue weighted by atomic mass is 35.5. The number of hydrogen-bond donors (Lipinski definition) is 0. The fourth-order valence-electron chi connectivity index (χ4n) is 2.62. The van der Waals surface area contributed by atoms with Crippen molar-refractivity contribution in [2.24, 2.45) is 0 Å². The summed E-state index contributed by atoms with van der Waals surface area (Å²) in [5.74, 6) is -0.700. The van der Waals surface area contributed by atoms with E-state index in [1.165, 1.54) is 36.2 Å². The summed E-state index contributed by atoms with van der Waals surface area (Å²) >= 11 is 5.82. The Bertz CT molecular complexity index is 720. The Hall–Kier alpha value is -1.60. The van der Waals surface area contributed by atoms with Gasteiger partial charge in [-0.1, -0.05) is 51.1 Å². The van der Waals surface area contributed by atoms with Gasteiger partial charge in [-0.15, -0.1) is 0 Å². The Balaban J connectivity index is 3.08. The van der Waals surface area contributed by atoms with Crippen LogP contribution >= 0.6 is 11.6 Å². The third-order valence-corrected chi connectivity index (χ3v) is 6.09. The number of imide groups is 1. The molecule has 0 N–H and O–H groups in total. The Morgan fingerprint density at radius 2 is 1.56 bits per heavy atom. The first-order valence-corrected chi connectivity index (χ1v) is 11.2. The van der Waals surface area contributed by atoms with Crippen LogP contribution in [0.25, 0.3) is 0 Å². The van der Waals surface area contributed by atoms with E-state index >= 15 is 0 Å². The number of carbonyl (C=O) groups excluding carboxylic acids is 2. The van der Waals surface area contributed by atoms with Crippen LogP contribution in [0, 0.1) is 0 Å². The van der Waals surface area contributed by atoms with E-state index in [0.717, 1.165) is 25.7 Å².